The number of fused-ring (bicyclic) bond motifs is 1. The zero-order valence-corrected chi connectivity index (χ0v) is 9.98. The highest BCUT2D eigenvalue weighted by atomic mass is 79.9. The Morgan fingerprint density at radius 1 is 1.25 bits per heavy atom. The minimum atomic E-state index is 0.407. The topological polar surface area (TPSA) is 52.1 Å². The Labute approximate surface area is 99.4 Å². The van der Waals surface area contributed by atoms with Gasteiger partial charge in [-0.15, -0.1) is 0 Å². The fourth-order valence-corrected chi connectivity index (χ4v) is 1.90. The van der Waals surface area contributed by atoms with Crippen molar-refractivity contribution in [1.82, 2.24) is 10.1 Å². The summed E-state index contributed by atoms with van der Waals surface area (Å²) in [5, 5.41) is 4.73. The highest BCUT2D eigenvalue weighted by molar-refractivity contribution is 9.10. The largest absolute Gasteiger partial charge is 0.451 e. The molecule has 0 atom stereocenters. The normalized spacial score (nSPS) is 11.1. The summed E-state index contributed by atoms with van der Waals surface area (Å²) in [6.45, 7) is 1.77. The molecule has 0 saturated heterocycles. The highest BCUT2D eigenvalue weighted by Crippen LogP contribution is 2.28. The van der Waals surface area contributed by atoms with E-state index in [9.17, 15) is 0 Å². The summed E-state index contributed by atoms with van der Waals surface area (Å²) >= 11 is 3.41. The summed E-state index contributed by atoms with van der Waals surface area (Å²) in [4.78, 5) is 4.12. The van der Waals surface area contributed by atoms with Crippen LogP contribution in [-0.2, 0) is 0 Å². The Morgan fingerprint density at radius 2 is 2.12 bits per heavy atom. The summed E-state index contributed by atoms with van der Waals surface area (Å²) < 4.78 is 11.7. The Balaban J connectivity index is 2.18. The number of hydrogen-bond acceptors (Lipinski definition) is 4. The van der Waals surface area contributed by atoms with E-state index >= 15 is 0 Å². The third-order valence-corrected chi connectivity index (χ3v) is 2.71. The number of hydrogen-bond donors (Lipinski definition) is 0. The fourth-order valence-electron chi connectivity index (χ4n) is 1.52. The molecule has 5 heteroatoms. The van der Waals surface area contributed by atoms with Crippen LogP contribution in [0.1, 0.15) is 5.82 Å². The van der Waals surface area contributed by atoms with Crippen LogP contribution in [0.25, 0.3) is 22.6 Å². The average Bonchev–Trinajstić information content (AvgIpc) is 2.83. The molecule has 0 aliphatic rings. The van der Waals surface area contributed by atoms with Crippen LogP contribution in [-0.4, -0.2) is 10.1 Å². The summed E-state index contributed by atoms with van der Waals surface area (Å²) in [5.74, 6) is 1.59. The van der Waals surface area contributed by atoms with E-state index in [2.05, 4.69) is 26.1 Å². The summed E-state index contributed by atoms with van der Waals surface area (Å²) in [6.07, 6.45) is 0. The van der Waals surface area contributed by atoms with Gasteiger partial charge in [-0.3, -0.25) is 0 Å². The summed E-state index contributed by atoms with van der Waals surface area (Å²) in [6, 6.07) is 7.68. The molecule has 0 aliphatic heterocycles. The lowest BCUT2D eigenvalue weighted by Gasteiger charge is -1.87. The number of furan rings is 1. The first-order chi connectivity index (χ1) is 7.72. The molecule has 16 heavy (non-hydrogen) atoms. The first kappa shape index (κ1) is 9.59. The third-order valence-electron chi connectivity index (χ3n) is 2.22. The summed E-state index contributed by atoms with van der Waals surface area (Å²) in [5.41, 5.74) is 0.800. The van der Waals surface area contributed by atoms with E-state index in [4.69, 9.17) is 8.94 Å². The van der Waals surface area contributed by atoms with Crippen molar-refractivity contribution >= 4 is 26.9 Å². The van der Waals surface area contributed by atoms with Gasteiger partial charge in [0.2, 0.25) is 0 Å². The second-order valence-corrected chi connectivity index (χ2v) is 4.36. The van der Waals surface area contributed by atoms with E-state index in [1.807, 2.05) is 24.3 Å². The van der Waals surface area contributed by atoms with Crippen molar-refractivity contribution in [2.75, 3.05) is 0 Å². The van der Waals surface area contributed by atoms with Gasteiger partial charge in [0.25, 0.3) is 5.89 Å². The molecule has 2 heterocycles. The number of aryl methyl sites for hydroxylation is 1. The lowest BCUT2D eigenvalue weighted by molar-refractivity contribution is 0.414. The minimum Gasteiger partial charge on any atom is -0.451 e. The van der Waals surface area contributed by atoms with Gasteiger partial charge >= 0.3 is 0 Å². The Hall–Kier alpha value is -1.62. The first-order valence-electron chi connectivity index (χ1n) is 4.72. The molecule has 0 unspecified atom stereocenters. The van der Waals surface area contributed by atoms with Crippen LogP contribution in [0.4, 0.5) is 0 Å². The Bertz CT molecular complexity index is 657. The van der Waals surface area contributed by atoms with Crippen molar-refractivity contribution in [3.8, 4) is 11.7 Å². The molecule has 0 amide bonds. The first-order valence-corrected chi connectivity index (χ1v) is 5.51. The van der Waals surface area contributed by atoms with Crippen LogP contribution in [0.5, 0.6) is 0 Å². The highest BCUT2D eigenvalue weighted by Gasteiger charge is 2.12. The maximum Gasteiger partial charge on any atom is 0.293 e. The van der Waals surface area contributed by atoms with Crippen LogP contribution in [0.2, 0.25) is 0 Å². The molecule has 2 aromatic heterocycles. The van der Waals surface area contributed by atoms with E-state index < -0.39 is 0 Å². The number of aromatic nitrogens is 2. The molecule has 80 valence electrons. The van der Waals surface area contributed by atoms with E-state index in [0.29, 0.717) is 17.5 Å². The van der Waals surface area contributed by atoms with E-state index in [1.165, 1.54) is 0 Å². The van der Waals surface area contributed by atoms with Crippen LogP contribution >= 0.6 is 15.9 Å². The van der Waals surface area contributed by atoms with Crippen LogP contribution in [0.3, 0.4) is 0 Å². The SMILES string of the molecule is Cc1noc(-c2cc3cc(Br)ccc3o2)n1. The zero-order valence-electron chi connectivity index (χ0n) is 8.40. The van der Waals surface area contributed by atoms with Gasteiger partial charge < -0.3 is 8.94 Å². The van der Waals surface area contributed by atoms with E-state index in [0.717, 1.165) is 15.4 Å². The second-order valence-electron chi connectivity index (χ2n) is 3.44. The van der Waals surface area contributed by atoms with Gasteiger partial charge in [0.1, 0.15) is 5.58 Å². The molecule has 1 aromatic carbocycles. The van der Waals surface area contributed by atoms with Crippen molar-refractivity contribution in [3.63, 3.8) is 0 Å². The minimum absolute atomic E-state index is 0.407. The molecule has 3 aromatic rings. The number of nitrogens with zero attached hydrogens (tertiary/aromatic N) is 2. The second kappa shape index (κ2) is 3.45. The van der Waals surface area contributed by atoms with Gasteiger partial charge in [-0.05, 0) is 31.2 Å². The number of rotatable bonds is 1. The van der Waals surface area contributed by atoms with Crippen LogP contribution < -0.4 is 0 Å². The van der Waals surface area contributed by atoms with Crippen molar-refractivity contribution < 1.29 is 8.94 Å². The quantitative estimate of drug-likeness (QED) is 0.683. The van der Waals surface area contributed by atoms with Crippen LogP contribution in [0.15, 0.2) is 37.7 Å². The number of benzene rings is 1. The third kappa shape index (κ3) is 1.53. The lowest BCUT2D eigenvalue weighted by atomic mass is 10.2. The molecule has 0 fully saturated rings. The molecule has 3 rings (SSSR count). The monoisotopic (exact) mass is 278 g/mol. The Morgan fingerprint density at radius 3 is 2.88 bits per heavy atom. The van der Waals surface area contributed by atoms with Gasteiger partial charge in [0.05, 0.1) is 0 Å². The molecule has 4 nitrogen and oxygen atoms in total. The van der Waals surface area contributed by atoms with Gasteiger partial charge in [0, 0.05) is 9.86 Å². The predicted molar refractivity (Wildman–Crippen MR) is 61.9 cm³/mol. The lowest BCUT2D eigenvalue weighted by Crippen LogP contribution is -1.73. The standard InChI is InChI=1S/C11H7BrN2O2/c1-6-13-11(16-14-6)10-5-7-4-8(12)2-3-9(7)15-10/h2-5H,1H3. The van der Waals surface area contributed by atoms with Crippen LogP contribution in [0, 0.1) is 6.92 Å². The van der Waals surface area contributed by atoms with Crippen molar-refractivity contribution in [2.24, 2.45) is 0 Å². The van der Waals surface area contributed by atoms with Gasteiger partial charge in [-0.25, -0.2) is 0 Å². The molecule has 0 saturated carbocycles. The van der Waals surface area contributed by atoms with Crippen molar-refractivity contribution in [2.45, 2.75) is 6.92 Å². The fraction of sp³-hybridized carbons (Fsp3) is 0.0909. The molecule has 0 bridgehead atoms. The van der Waals surface area contributed by atoms with E-state index in [1.54, 1.807) is 6.92 Å². The van der Waals surface area contributed by atoms with Gasteiger partial charge in [0.15, 0.2) is 11.6 Å². The van der Waals surface area contributed by atoms with Gasteiger partial charge in [-0.1, -0.05) is 21.1 Å². The summed E-state index contributed by atoms with van der Waals surface area (Å²) in [7, 11) is 0. The van der Waals surface area contributed by atoms with Crippen molar-refractivity contribution in [1.29, 1.82) is 0 Å². The predicted octanol–water partition coefficient (Wildman–Crippen LogP) is 3.55. The molecule has 0 N–H and O–H groups in total. The maximum absolute atomic E-state index is 5.61. The van der Waals surface area contributed by atoms with E-state index in [-0.39, 0.29) is 0 Å². The smallest absolute Gasteiger partial charge is 0.293 e. The van der Waals surface area contributed by atoms with Crippen molar-refractivity contribution in [3.05, 3.63) is 34.6 Å². The molecule has 0 spiro atoms. The van der Waals surface area contributed by atoms with Gasteiger partial charge in [-0.2, -0.15) is 4.98 Å². The number of halogens is 1. The Kier molecular flexibility index (Phi) is 2.07. The molecule has 0 aliphatic carbocycles. The maximum atomic E-state index is 5.61. The molecule has 0 radical (unpaired) electrons. The molecular formula is C11H7BrN2O2. The zero-order chi connectivity index (χ0) is 11.1. The average molecular weight is 279 g/mol. The molecular weight excluding hydrogens is 272 g/mol.